The van der Waals surface area contributed by atoms with Gasteiger partial charge in [0, 0.05) is 19.1 Å². The molecule has 106 valence electrons. The van der Waals surface area contributed by atoms with Gasteiger partial charge < -0.3 is 10.2 Å². The summed E-state index contributed by atoms with van der Waals surface area (Å²) in [7, 11) is 2.33. The lowest BCUT2D eigenvalue weighted by molar-refractivity contribution is 0.218. The van der Waals surface area contributed by atoms with E-state index >= 15 is 0 Å². The zero-order chi connectivity index (χ0) is 12.8. The number of hydrogen-bond acceptors (Lipinski definition) is 2. The van der Waals surface area contributed by atoms with Crippen LogP contribution in [0, 0.1) is 11.8 Å². The minimum atomic E-state index is 0.786. The second kappa shape index (κ2) is 7.49. The third kappa shape index (κ3) is 4.89. The Morgan fingerprint density at radius 3 is 2.50 bits per heavy atom. The highest BCUT2D eigenvalue weighted by Gasteiger charge is 2.27. The largest absolute Gasteiger partial charge is 0.314 e. The summed E-state index contributed by atoms with van der Waals surface area (Å²) >= 11 is 0. The van der Waals surface area contributed by atoms with Crippen LogP contribution in [0.5, 0.6) is 0 Å². The van der Waals surface area contributed by atoms with Crippen molar-refractivity contribution in [2.24, 2.45) is 11.8 Å². The van der Waals surface area contributed by atoms with Crippen molar-refractivity contribution in [1.29, 1.82) is 0 Å². The van der Waals surface area contributed by atoms with Crippen LogP contribution in [0.15, 0.2) is 0 Å². The van der Waals surface area contributed by atoms with Gasteiger partial charge in [-0.2, -0.15) is 0 Å². The Hall–Kier alpha value is -0.0800. The van der Waals surface area contributed by atoms with Gasteiger partial charge in [0.2, 0.25) is 0 Å². The summed E-state index contributed by atoms with van der Waals surface area (Å²) in [4.78, 5) is 2.61. The Morgan fingerprint density at radius 2 is 1.78 bits per heavy atom. The molecule has 2 nitrogen and oxygen atoms in total. The van der Waals surface area contributed by atoms with Crippen molar-refractivity contribution in [3.8, 4) is 0 Å². The maximum absolute atomic E-state index is 3.81. The van der Waals surface area contributed by atoms with Crippen LogP contribution in [0.4, 0.5) is 0 Å². The summed E-state index contributed by atoms with van der Waals surface area (Å²) in [5.74, 6) is 1.92. The highest BCUT2D eigenvalue weighted by Crippen LogP contribution is 2.30. The minimum Gasteiger partial charge on any atom is -0.314 e. The highest BCUT2D eigenvalue weighted by molar-refractivity contribution is 4.83. The van der Waals surface area contributed by atoms with Crippen molar-refractivity contribution in [1.82, 2.24) is 10.2 Å². The van der Waals surface area contributed by atoms with Gasteiger partial charge in [-0.1, -0.05) is 26.2 Å². The van der Waals surface area contributed by atoms with Gasteiger partial charge >= 0.3 is 0 Å². The molecule has 1 N–H and O–H groups in total. The molecule has 0 amide bonds. The number of nitrogens with zero attached hydrogens (tertiary/aromatic N) is 1. The van der Waals surface area contributed by atoms with Crippen LogP contribution in [0.2, 0.25) is 0 Å². The first-order chi connectivity index (χ1) is 8.79. The molecule has 18 heavy (non-hydrogen) atoms. The predicted molar refractivity (Wildman–Crippen MR) is 78.9 cm³/mol. The molecule has 0 saturated heterocycles. The van der Waals surface area contributed by atoms with Gasteiger partial charge in [0.05, 0.1) is 0 Å². The van der Waals surface area contributed by atoms with Crippen molar-refractivity contribution in [3.63, 3.8) is 0 Å². The van der Waals surface area contributed by atoms with E-state index < -0.39 is 0 Å². The maximum atomic E-state index is 3.81. The number of nitrogens with one attached hydrogen (secondary N) is 1. The first kappa shape index (κ1) is 14.3. The van der Waals surface area contributed by atoms with Crippen LogP contribution in [0.1, 0.15) is 58.3 Å². The lowest BCUT2D eigenvalue weighted by Gasteiger charge is -2.30. The monoisotopic (exact) mass is 252 g/mol. The van der Waals surface area contributed by atoms with E-state index in [1.807, 2.05) is 0 Å². The fourth-order valence-corrected chi connectivity index (χ4v) is 3.42. The molecular formula is C16H32N2. The molecule has 0 bridgehead atoms. The van der Waals surface area contributed by atoms with Crippen molar-refractivity contribution < 1.29 is 0 Å². The van der Waals surface area contributed by atoms with Crippen LogP contribution in [0.3, 0.4) is 0 Å². The van der Waals surface area contributed by atoms with E-state index in [1.165, 1.54) is 71.0 Å². The summed E-state index contributed by atoms with van der Waals surface area (Å²) in [6, 6.07) is 0.786. The molecule has 2 aliphatic carbocycles. The first-order valence-electron chi connectivity index (χ1n) is 8.21. The zero-order valence-electron chi connectivity index (χ0n) is 12.5. The van der Waals surface area contributed by atoms with Gasteiger partial charge in [0.25, 0.3) is 0 Å². The number of rotatable bonds is 7. The van der Waals surface area contributed by atoms with Gasteiger partial charge in [0.15, 0.2) is 0 Å². The SMILES string of the molecule is CCCNC1CCCCCC1CN(C)CC1CC1. The summed E-state index contributed by atoms with van der Waals surface area (Å²) in [6.07, 6.45) is 11.4. The van der Waals surface area contributed by atoms with E-state index in [-0.39, 0.29) is 0 Å². The van der Waals surface area contributed by atoms with Crippen molar-refractivity contribution >= 4 is 0 Å². The van der Waals surface area contributed by atoms with Gasteiger partial charge in [-0.05, 0) is 57.5 Å². The summed E-state index contributed by atoms with van der Waals surface area (Å²) in [5, 5.41) is 3.81. The smallest absolute Gasteiger partial charge is 0.0107 e. The van der Waals surface area contributed by atoms with E-state index in [2.05, 4.69) is 24.2 Å². The molecule has 0 aromatic carbocycles. The van der Waals surface area contributed by atoms with Gasteiger partial charge in [-0.3, -0.25) is 0 Å². The average Bonchev–Trinajstić information content (AvgIpc) is 3.15. The second-order valence-corrected chi connectivity index (χ2v) is 6.62. The van der Waals surface area contributed by atoms with E-state index in [0.29, 0.717) is 0 Å². The standard InChI is InChI=1S/C16H32N2/c1-3-11-17-16-8-6-4-5-7-15(16)13-18(2)12-14-9-10-14/h14-17H,3-13H2,1-2H3. The molecule has 2 heteroatoms. The molecular weight excluding hydrogens is 220 g/mol. The van der Waals surface area contributed by atoms with Crippen LogP contribution in [-0.4, -0.2) is 37.6 Å². The molecule has 0 radical (unpaired) electrons. The van der Waals surface area contributed by atoms with Gasteiger partial charge in [0.1, 0.15) is 0 Å². The Labute approximate surface area is 114 Å². The Kier molecular flexibility index (Phi) is 5.97. The van der Waals surface area contributed by atoms with Gasteiger partial charge in [-0.15, -0.1) is 0 Å². The summed E-state index contributed by atoms with van der Waals surface area (Å²) in [5.41, 5.74) is 0. The second-order valence-electron chi connectivity index (χ2n) is 6.62. The molecule has 2 saturated carbocycles. The molecule has 0 aliphatic heterocycles. The van der Waals surface area contributed by atoms with Gasteiger partial charge in [-0.25, -0.2) is 0 Å². The topological polar surface area (TPSA) is 15.3 Å². The lowest BCUT2D eigenvalue weighted by atomic mass is 9.94. The molecule has 2 unspecified atom stereocenters. The molecule has 2 rings (SSSR count). The zero-order valence-corrected chi connectivity index (χ0v) is 12.5. The lowest BCUT2D eigenvalue weighted by Crippen LogP contribution is -2.41. The van der Waals surface area contributed by atoms with Crippen LogP contribution in [0.25, 0.3) is 0 Å². The fourth-order valence-electron chi connectivity index (χ4n) is 3.42. The van der Waals surface area contributed by atoms with E-state index in [0.717, 1.165) is 17.9 Å². The predicted octanol–water partition coefficient (Wildman–Crippen LogP) is 3.28. The summed E-state index contributed by atoms with van der Waals surface area (Å²) < 4.78 is 0. The molecule has 0 aromatic rings. The summed E-state index contributed by atoms with van der Waals surface area (Å²) in [6.45, 7) is 6.14. The van der Waals surface area contributed by atoms with E-state index in [1.54, 1.807) is 0 Å². The van der Waals surface area contributed by atoms with Crippen molar-refractivity contribution in [3.05, 3.63) is 0 Å². The maximum Gasteiger partial charge on any atom is 0.0107 e. The van der Waals surface area contributed by atoms with E-state index in [9.17, 15) is 0 Å². The fraction of sp³-hybridized carbons (Fsp3) is 1.00. The van der Waals surface area contributed by atoms with Crippen molar-refractivity contribution in [2.45, 2.75) is 64.3 Å². The third-order valence-corrected chi connectivity index (χ3v) is 4.63. The third-order valence-electron chi connectivity index (χ3n) is 4.63. The first-order valence-corrected chi connectivity index (χ1v) is 8.21. The molecule has 0 spiro atoms. The Balaban J connectivity index is 1.79. The highest BCUT2D eigenvalue weighted by atomic mass is 15.1. The van der Waals surface area contributed by atoms with Crippen LogP contribution < -0.4 is 5.32 Å². The molecule has 2 fully saturated rings. The number of hydrogen-bond donors (Lipinski definition) is 1. The Bertz CT molecular complexity index is 225. The molecule has 2 aliphatic rings. The quantitative estimate of drug-likeness (QED) is 0.700. The normalized spacial score (nSPS) is 29.5. The molecule has 0 heterocycles. The molecule has 2 atom stereocenters. The Morgan fingerprint density at radius 1 is 1.00 bits per heavy atom. The van der Waals surface area contributed by atoms with E-state index in [4.69, 9.17) is 0 Å². The van der Waals surface area contributed by atoms with Crippen LogP contribution in [-0.2, 0) is 0 Å². The minimum absolute atomic E-state index is 0.786. The van der Waals surface area contributed by atoms with Crippen LogP contribution >= 0.6 is 0 Å². The molecule has 0 aromatic heterocycles. The van der Waals surface area contributed by atoms with Crippen molar-refractivity contribution in [2.75, 3.05) is 26.7 Å². The average molecular weight is 252 g/mol.